The van der Waals surface area contributed by atoms with Crippen LogP contribution in [0.15, 0.2) is 46.9 Å². The summed E-state index contributed by atoms with van der Waals surface area (Å²) in [4.78, 5) is 0. The highest BCUT2D eigenvalue weighted by Crippen LogP contribution is 2.40. The van der Waals surface area contributed by atoms with Crippen molar-refractivity contribution in [2.24, 2.45) is 0 Å². The Balaban J connectivity index is 1.75. The first kappa shape index (κ1) is 16.6. The van der Waals surface area contributed by atoms with Gasteiger partial charge < -0.3 is 23.9 Å². The van der Waals surface area contributed by atoms with Crippen molar-refractivity contribution in [2.75, 3.05) is 26.6 Å². The minimum atomic E-state index is 0.373. The van der Waals surface area contributed by atoms with Gasteiger partial charge in [-0.15, -0.1) is 10.2 Å². The average Bonchev–Trinajstić information content (AvgIpc) is 3.15. The second-order valence-corrected chi connectivity index (χ2v) is 5.13. The lowest BCUT2D eigenvalue weighted by Crippen LogP contribution is -2.02. The topological polar surface area (TPSA) is 78.6 Å². The van der Waals surface area contributed by atoms with Gasteiger partial charge in [-0.3, -0.25) is 0 Å². The van der Waals surface area contributed by atoms with Crippen molar-refractivity contribution in [3.8, 4) is 28.7 Å². The van der Waals surface area contributed by atoms with Crippen molar-refractivity contribution >= 4 is 5.69 Å². The van der Waals surface area contributed by atoms with Crippen molar-refractivity contribution in [1.82, 2.24) is 10.2 Å². The van der Waals surface area contributed by atoms with E-state index in [1.165, 1.54) is 0 Å². The molecule has 7 heteroatoms. The summed E-state index contributed by atoms with van der Waals surface area (Å²) in [6, 6.07) is 13.3. The van der Waals surface area contributed by atoms with Crippen LogP contribution in [0.25, 0.3) is 11.5 Å². The summed E-state index contributed by atoms with van der Waals surface area (Å²) in [6.45, 7) is 0.373. The van der Waals surface area contributed by atoms with Crippen LogP contribution < -0.4 is 19.5 Å². The van der Waals surface area contributed by atoms with E-state index in [0.717, 1.165) is 11.3 Å². The molecule has 0 aliphatic rings. The van der Waals surface area contributed by atoms with Gasteiger partial charge in [-0.1, -0.05) is 18.2 Å². The Morgan fingerprint density at radius 1 is 0.920 bits per heavy atom. The van der Waals surface area contributed by atoms with Crippen LogP contribution in [-0.4, -0.2) is 31.5 Å². The van der Waals surface area contributed by atoms with Gasteiger partial charge in [0.05, 0.1) is 27.9 Å². The quantitative estimate of drug-likeness (QED) is 0.706. The summed E-state index contributed by atoms with van der Waals surface area (Å²) in [5, 5.41) is 11.3. The van der Waals surface area contributed by atoms with Gasteiger partial charge in [0.25, 0.3) is 0 Å². The van der Waals surface area contributed by atoms with E-state index in [2.05, 4.69) is 15.5 Å². The zero-order valence-corrected chi connectivity index (χ0v) is 14.3. The van der Waals surface area contributed by atoms with Crippen LogP contribution in [0.1, 0.15) is 5.89 Å². The van der Waals surface area contributed by atoms with E-state index in [-0.39, 0.29) is 0 Å². The van der Waals surface area contributed by atoms with Crippen LogP contribution in [0.2, 0.25) is 0 Å². The molecule has 1 heterocycles. The molecule has 0 fully saturated rings. The summed E-state index contributed by atoms with van der Waals surface area (Å²) in [5.74, 6) is 2.65. The van der Waals surface area contributed by atoms with Crippen LogP contribution in [0.3, 0.4) is 0 Å². The van der Waals surface area contributed by atoms with Gasteiger partial charge in [-0.25, -0.2) is 0 Å². The third kappa shape index (κ3) is 3.65. The van der Waals surface area contributed by atoms with E-state index in [1.54, 1.807) is 21.3 Å². The molecule has 0 saturated carbocycles. The molecule has 0 radical (unpaired) electrons. The second kappa shape index (κ2) is 7.57. The van der Waals surface area contributed by atoms with Gasteiger partial charge in [0, 0.05) is 23.4 Å². The first-order valence-electron chi connectivity index (χ1n) is 7.67. The maximum Gasteiger partial charge on any atom is 0.247 e. The summed E-state index contributed by atoms with van der Waals surface area (Å²) >= 11 is 0. The molecule has 0 atom stereocenters. The van der Waals surface area contributed by atoms with Crippen molar-refractivity contribution in [2.45, 2.75) is 6.54 Å². The number of nitrogens with one attached hydrogen (secondary N) is 1. The highest BCUT2D eigenvalue weighted by Gasteiger charge is 2.14. The Hall–Kier alpha value is -3.22. The van der Waals surface area contributed by atoms with Gasteiger partial charge in [0.15, 0.2) is 11.5 Å². The van der Waals surface area contributed by atoms with E-state index in [9.17, 15) is 0 Å². The molecule has 7 nitrogen and oxygen atoms in total. The number of benzene rings is 2. The lowest BCUT2D eigenvalue weighted by molar-refractivity contribution is 0.324. The third-order valence-corrected chi connectivity index (χ3v) is 3.60. The molecule has 1 aromatic heterocycles. The fourth-order valence-electron chi connectivity index (χ4n) is 2.38. The number of ether oxygens (including phenoxy) is 3. The molecule has 3 aromatic rings. The molecule has 0 unspecified atom stereocenters. The fourth-order valence-corrected chi connectivity index (χ4v) is 2.38. The first-order chi connectivity index (χ1) is 12.2. The molecule has 0 bridgehead atoms. The molecule has 2 aromatic carbocycles. The molecule has 1 N–H and O–H groups in total. The maximum atomic E-state index is 5.68. The number of rotatable bonds is 7. The average molecular weight is 341 g/mol. The van der Waals surface area contributed by atoms with Crippen molar-refractivity contribution in [1.29, 1.82) is 0 Å². The van der Waals surface area contributed by atoms with Crippen LogP contribution in [0, 0.1) is 0 Å². The molecule has 0 spiro atoms. The van der Waals surface area contributed by atoms with Gasteiger partial charge >= 0.3 is 0 Å². The minimum absolute atomic E-state index is 0.373. The highest BCUT2D eigenvalue weighted by molar-refractivity contribution is 5.62. The molecule has 3 rings (SSSR count). The molecule has 0 saturated heterocycles. The second-order valence-electron chi connectivity index (χ2n) is 5.13. The third-order valence-electron chi connectivity index (χ3n) is 3.60. The number of hydrogen-bond acceptors (Lipinski definition) is 7. The van der Waals surface area contributed by atoms with Crippen LogP contribution in [-0.2, 0) is 6.54 Å². The van der Waals surface area contributed by atoms with Crippen LogP contribution in [0.4, 0.5) is 5.69 Å². The van der Waals surface area contributed by atoms with Gasteiger partial charge in [0.1, 0.15) is 0 Å². The smallest absolute Gasteiger partial charge is 0.247 e. The van der Waals surface area contributed by atoms with Gasteiger partial charge in [0.2, 0.25) is 17.5 Å². The zero-order valence-electron chi connectivity index (χ0n) is 14.3. The zero-order chi connectivity index (χ0) is 17.6. The summed E-state index contributed by atoms with van der Waals surface area (Å²) < 4.78 is 21.7. The standard InChI is InChI=1S/C18H19N3O4/c1-22-14-9-13(10-15(23-2)17(14)24-3)19-11-16-20-21-18(25-16)12-7-5-4-6-8-12/h4-10,19H,11H2,1-3H3. The number of methoxy groups -OCH3 is 3. The molecule has 0 aliphatic carbocycles. The van der Waals surface area contributed by atoms with E-state index < -0.39 is 0 Å². The van der Waals surface area contributed by atoms with Crippen molar-refractivity contribution in [3.05, 3.63) is 48.4 Å². The summed E-state index contributed by atoms with van der Waals surface area (Å²) in [6.07, 6.45) is 0. The Morgan fingerprint density at radius 2 is 1.60 bits per heavy atom. The lowest BCUT2D eigenvalue weighted by Gasteiger charge is -2.14. The normalized spacial score (nSPS) is 10.4. The summed E-state index contributed by atoms with van der Waals surface area (Å²) in [7, 11) is 4.72. The van der Waals surface area contributed by atoms with Crippen molar-refractivity contribution in [3.63, 3.8) is 0 Å². The van der Waals surface area contributed by atoms with E-state index in [4.69, 9.17) is 18.6 Å². The maximum absolute atomic E-state index is 5.68. The van der Waals surface area contributed by atoms with Gasteiger partial charge in [-0.2, -0.15) is 0 Å². The molecular formula is C18H19N3O4. The minimum Gasteiger partial charge on any atom is -0.493 e. The Bertz CT molecular complexity index is 808. The molecular weight excluding hydrogens is 322 g/mol. The van der Waals surface area contributed by atoms with Crippen LogP contribution in [0.5, 0.6) is 17.2 Å². The Kier molecular flexibility index (Phi) is 5.03. The molecule has 0 amide bonds. The predicted molar refractivity (Wildman–Crippen MR) is 93.2 cm³/mol. The van der Waals surface area contributed by atoms with E-state index >= 15 is 0 Å². The fraction of sp³-hybridized carbons (Fsp3) is 0.222. The predicted octanol–water partition coefficient (Wildman–Crippen LogP) is 3.37. The summed E-state index contributed by atoms with van der Waals surface area (Å²) in [5.41, 5.74) is 1.67. The Morgan fingerprint density at radius 3 is 2.20 bits per heavy atom. The Labute approximate surface area is 145 Å². The molecule has 25 heavy (non-hydrogen) atoms. The lowest BCUT2D eigenvalue weighted by atomic mass is 10.2. The molecule has 0 aliphatic heterocycles. The number of hydrogen-bond donors (Lipinski definition) is 1. The van der Waals surface area contributed by atoms with Crippen LogP contribution >= 0.6 is 0 Å². The monoisotopic (exact) mass is 341 g/mol. The van der Waals surface area contributed by atoms with Crippen molar-refractivity contribution < 1.29 is 18.6 Å². The van der Waals surface area contributed by atoms with E-state index in [1.807, 2.05) is 42.5 Å². The number of aromatic nitrogens is 2. The first-order valence-corrected chi connectivity index (χ1v) is 7.67. The van der Waals surface area contributed by atoms with E-state index in [0.29, 0.717) is 35.6 Å². The SMILES string of the molecule is COc1cc(NCc2nnc(-c3ccccc3)o2)cc(OC)c1OC. The number of nitrogens with zero attached hydrogens (tertiary/aromatic N) is 2. The largest absolute Gasteiger partial charge is 0.493 e. The van der Waals surface area contributed by atoms with Gasteiger partial charge in [-0.05, 0) is 12.1 Å². The molecule has 130 valence electrons. The number of anilines is 1. The highest BCUT2D eigenvalue weighted by atomic mass is 16.5.